The van der Waals surface area contributed by atoms with Crippen molar-refractivity contribution in [2.75, 3.05) is 6.26 Å². The first kappa shape index (κ1) is 17.8. The molecule has 8 heteroatoms. The van der Waals surface area contributed by atoms with Crippen LogP contribution in [-0.4, -0.2) is 25.6 Å². The molecule has 0 aliphatic heterocycles. The van der Waals surface area contributed by atoms with Gasteiger partial charge in [0.05, 0.1) is 12.0 Å². The normalized spacial score (nSPS) is 11.1. The molecule has 4 aromatic rings. The van der Waals surface area contributed by atoms with Crippen molar-refractivity contribution in [3.05, 3.63) is 77.8 Å². The molecule has 0 bridgehead atoms. The van der Waals surface area contributed by atoms with E-state index in [1.807, 2.05) is 6.26 Å². The van der Waals surface area contributed by atoms with Gasteiger partial charge in [-0.25, -0.2) is 18.4 Å². The fourth-order valence-electron chi connectivity index (χ4n) is 2.84. The van der Waals surface area contributed by atoms with E-state index < -0.39 is 11.6 Å². The first-order chi connectivity index (χ1) is 13.1. The highest BCUT2D eigenvalue weighted by Crippen LogP contribution is 2.37. The first-order valence-corrected chi connectivity index (χ1v) is 9.55. The van der Waals surface area contributed by atoms with Crippen LogP contribution in [0.2, 0.25) is 5.02 Å². The van der Waals surface area contributed by atoms with Gasteiger partial charge in [0.1, 0.15) is 28.0 Å². The van der Waals surface area contributed by atoms with Crippen molar-refractivity contribution in [2.45, 2.75) is 5.03 Å². The molecular formula is C19H13ClF2N4S. The van der Waals surface area contributed by atoms with Crippen LogP contribution in [0.15, 0.2) is 66.2 Å². The third kappa shape index (κ3) is 3.24. The number of nitrogens with zero attached hydrogens (tertiary/aromatic N) is 4. The molecule has 0 unspecified atom stereocenters. The van der Waals surface area contributed by atoms with E-state index in [1.54, 1.807) is 52.2 Å². The van der Waals surface area contributed by atoms with Gasteiger partial charge in [-0.2, -0.15) is 5.10 Å². The van der Waals surface area contributed by atoms with Crippen molar-refractivity contribution in [2.24, 2.45) is 0 Å². The van der Waals surface area contributed by atoms with Crippen molar-refractivity contribution in [3.8, 4) is 22.6 Å². The number of rotatable bonds is 4. The van der Waals surface area contributed by atoms with E-state index >= 15 is 0 Å². The number of benzene rings is 2. The Hall–Kier alpha value is -2.64. The summed E-state index contributed by atoms with van der Waals surface area (Å²) in [6, 6.07) is 10.6. The highest BCUT2D eigenvalue weighted by atomic mass is 35.5. The van der Waals surface area contributed by atoms with Crippen LogP contribution < -0.4 is 0 Å². The van der Waals surface area contributed by atoms with Gasteiger partial charge in [0, 0.05) is 29.0 Å². The molecule has 0 spiro atoms. The van der Waals surface area contributed by atoms with Gasteiger partial charge < -0.3 is 4.57 Å². The van der Waals surface area contributed by atoms with Crippen LogP contribution in [0.5, 0.6) is 0 Å². The molecule has 2 heterocycles. The minimum Gasteiger partial charge on any atom is -0.302 e. The molecular weight excluding hydrogens is 390 g/mol. The van der Waals surface area contributed by atoms with Gasteiger partial charge in [-0.1, -0.05) is 11.6 Å². The molecule has 2 aromatic carbocycles. The Labute approximate surface area is 163 Å². The van der Waals surface area contributed by atoms with Crippen LogP contribution in [0, 0.1) is 11.6 Å². The molecule has 0 fully saturated rings. The fraction of sp³-hybridized carbons (Fsp3) is 0.0526. The van der Waals surface area contributed by atoms with Crippen molar-refractivity contribution >= 4 is 23.4 Å². The summed E-state index contributed by atoms with van der Waals surface area (Å²) < 4.78 is 31.6. The van der Waals surface area contributed by atoms with Crippen LogP contribution >= 0.6 is 23.4 Å². The highest BCUT2D eigenvalue weighted by Gasteiger charge is 2.24. The molecule has 4 nitrogen and oxygen atoms in total. The van der Waals surface area contributed by atoms with E-state index in [4.69, 9.17) is 11.6 Å². The van der Waals surface area contributed by atoms with E-state index in [2.05, 4.69) is 10.1 Å². The summed E-state index contributed by atoms with van der Waals surface area (Å²) >= 11 is 7.42. The summed E-state index contributed by atoms with van der Waals surface area (Å²) in [6.45, 7) is 0. The Balaban J connectivity index is 2.06. The summed E-state index contributed by atoms with van der Waals surface area (Å²) in [7, 11) is 0. The Morgan fingerprint density at radius 1 is 1.07 bits per heavy atom. The van der Waals surface area contributed by atoms with Crippen molar-refractivity contribution in [3.63, 3.8) is 0 Å². The zero-order valence-corrected chi connectivity index (χ0v) is 15.7. The average Bonchev–Trinajstić information content (AvgIpc) is 3.29. The van der Waals surface area contributed by atoms with Crippen LogP contribution in [0.25, 0.3) is 22.6 Å². The largest absolute Gasteiger partial charge is 0.302 e. The number of hydrogen-bond acceptors (Lipinski definition) is 3. The van der Waals surface area contributed by atoms with Crippen molar-refractivity contribution in [1.29, 1.82) is 0 Å². The molecule has 0 amide bonds. The predicted octanol–water partition coefficient (Wildman–Crippen LogP) is 5.38. The van der Waals surface area contributed by atoms with E-state index in [-0.39, 0.29) is 5.56 Å². The van der Waals surface area contributed by atoms with Gasteiger partial charge in [-0.05, 0) is 42.7 Å². The van der Waals surface area contributed by atoms with E-state index in [0.29, 0.717) is 27.1 Å². The monoisotopic (exact) mass is 402 g/mol. The summed E-state index contributed by atoms with van der Waals surface area (Å²) in [4.78, 5) is 4.08. The maximum absolute atomic E-state index is 14.7. The van der Waals surface area contributed by atoms with E-state index in [1.165, 1.54) is 23.9 Å². The van der Waals surface area contributed by atoms with Gasteiger partial charge >= 0.3 is 0 Å². The lowest BCUT2D eigenvalue weighted by molar-refractivity contribution is 0.584. The second-order valence-corrected chi connectivity index (χ2v) is 6.92. The van der Waals surface area contributed by atoms with Crippen LogP contribution in [-0.2, 0) is 0 Å². The van der Waals surface area contributed by atoms with Crippen LogP contribution in [0.4, 0.5) is 8.78 Å². The standard InChI is InChI=1S/C19H13ClF2N4S/c1-27-19-18(25-9-8-23-11-25)17(15-7-4-13(21)10-16(15)22)26(24-19)14-5-2-12(20)3-6-14/h2-11H,1H3. The van der Waals surface area contributed by atoms with Gasteiger partial charge in [-0.15, -0.1) is 11.8 Å². The average molecular weight is 403 g/mol. The number of aromatic nitrogens is 4. The smallest absolute Gasteiger partial charge is 0.143 e. The van der Waals surface area contributed by atoms with Gasteiger partial charge in [0.15, 0.2) is 0 Å². The second-order valence-electron chi connectivity index (χ2n) is 5.69. The van der Waals surface area contributed by atoms with Crippen LogP contribution in [0.3, 0.4) is 0 Å². The molecule has 4 rings (SSSR count). The summed E-state index contributed by atoms with van der Waals surface area (Å²) in [5, 5.41) is 5.92. The lowest BCUT2D eigenvalue weighted by Gasteiger charge is -2.11. The third-order valence-corrected chi connectivity index (χ3v) is 4.96. The second kappa shape index (κ2) is 7.17. The third-order valence-electron chi connectivity index (χ3n) is 4.04. The molecule has 0 saturated heterocycles. The maximum atomic E-state index is 14.7. The van der Waals surface area contributed by atoms with Gasteiger partial charge in [0.25, 0.3) is 0 Å². The zero-order chi connectivity index (χ0) is 19.0. The summed E-state index contributed by atoms with van der Waals surface area (Å²) in [5.41, 5.74) is 2.11. The predicted molar refractivity (Wildman–Crippen MR) is 103 cm³/mol. The Kier molecular flexibility index (Phi) is 4.72. The fourth-order valence-corrected chi connectivity index (χ4v) is 3.53. The quantitative estimate of drug-likeness (QED) is 0.430. The zero-order valence-electron chi connectivity index (χ0n) is 14.1. The number of thioether (sulfide) groups is 1. The number of halogens is 3. The lowest BCUT2D eigenvalue weighted by atomic mass is 10.1. The minimum atomic E-state index is -0.667. The van der Waals surface area contributed by atoms with Crippen molar-refractivity contribution in [1.82, 2.24) is 19.3 Å². The molecule has 0 aliphatic rings. The molecule has 27 heavy (non-hydrogen) atoms. The number of imidazole rings is 1. The Morgan fingerprint density at radius 3 is 2.48 bits per heavy atom. The molecule has 0 saturated carbocycles. The molecule has 2 aromatic heterocycles. The van der Waals surface area contributed by atoms with Crippen molar-refractivity contribution < 1.29 is 8.78 Å². The van der Waals surface area contributed by atoms with E-state index in [9.17, 15) is 8.78 Å². The Bertz CT molecular complexity index is 1090. The molecule has 136 valence electrons. The maximum Gasteiger partial charge on any atom is 0.143 e. The molecule has 0 atom stereocenters. The summed E-state index contributed by atoms with van der Waals surface area (Å²) in [6.07, 6.45) is 6.90. The van der Waals surface area contributed by atoms with Gasteiger partial charge in [-0.3, -0.25) is 0 Å². The lowest BCUT2D eigenvalue weighted by Crippen LogP contribution is -2.02. The summed E-state index contributed by atoms with van der Waals surface area (Å²) in [5.74, 6) is -1.30. The van der Waals surface area contributed by atoms with Crippen LogP contribution in [0.1, 0.15) is 0 Å². The molecule has 0 N–H and O–H groups in total. The molecule has 0 aliphatic carbocycles. The molecule has 0 radical (unpaired) electrons. The highest BCUT2D eigenvalue weighted by molar-refractivity contribution is 7.98. The first-order valence-electron chi connectivity index (χ1n) is 7.95. The van der Waals surface area contributed by atoms with Gasteiger partial charge in [0.2, 0.25) is 0 Å². The topological polar surface area (TPSA) is 35.6 Å². The SMILES string of the molecule is CSc1nn(-c2ccc(Cl)cc2)c(-c2ccc(F)cc2F)c1-n1ccnc1. The minimum absolute atomic E-state index is 0.239. The Morgan fingerprint density at radius 2 is 1.85 bits per heavy atom. The number of hydrogen-bond donors (Lipinski definition) is 0. The van der Waals surface area contributed by atoms with E-state index in [0.717, 1.165) is 6.07 Å².